The summed E-state index contributed by atoms with van der Waals surface area (Å²) < 4.78 is 9.76. The fraction of sp³-hybridized carbons (Fsp3) is 0.833. The van der Waals surface area contributed by atoms with Crippen LogP contribution in [-0.4, -0.2) is 48.6 Å². The molecule has 2 rings (SSSR count). The van der Waals surface area contributed by atoms with Gasteiger partial charge in [0.05, 0.1) is 24.0 Å². The van der Waals surface area contributed by atoms with Crippen LogP contribution in [0.1, 0.15) is 25.7 Å². The molecule has 0 heterocycles. The molecule has 0 unspecified atom stereocenters. The molecule has 0 saturated heterocycles. The monoisotopic (exact) mass is 260 g/mol. The molecule has 0 amide bonds. The minimum atomic E-state index is -0.729. The largest absolute Gasteiger partial charge is 0.481 e. The highest BCUT2D eigenvalue weighted by atomic mass is 16.5. The van der Waals surface area contributed by atoms with E-state index in [4.69, 9.17) is 19.7 Å². The van der Waals surface area contributed by atoms with Crippen molar-refractivity contribution in [2.24, 2.45) is 11.8 Å². The highest BCUT2D eigenvalue weighted by Gasteiger charge is 2.37. The number of carbonyl (C=O) groups is 2. The predicted octanol–water partition coefficient (Wildman–Crippen LogP) is 0.992. The summed E-state index contributed by atoms with van der Waals surface area (Å²) in [5.74, 6) is -1.94. The maximum absolute atomic E-state index is 10.3. The summed E-state index contributed by atoms with van der Waals surface area (Å²) in [6, 6.07) is 0. The Morgan fingerprint density at radius 3 is 1.22 bits per heavy atom. The first-order valence-electron chi connectivity index (χ1n) is 6.02. The number of aliphatic carboxylic acids is 2. The van der Waals surface area contributed by atoms with E-state index in [1.807, 2.05) is 0 Å². The van der Waals surface area contributed by atoms with E-state index in [9.17, 15) is 9.59 Å². The Balaban J connectivity index is 0.000000180. The third kappa shape index (κ3) is 3.43. The van der Waals surface area contributed by atoms with Crippen LogP contribution in [0.25, 0.3) is 0 Å². The quantitative estimate of drug-likeness (QED) is 0.783. The lowest BCUT2D eigenvalue weighted by Gasteiger charge is -2.31. The highest BCUT2D eigenvalue weighted by Crippen LogP contribution is 2.30. The average molecular weight is 260 g/mol. The molecule has 6 nitrogen and oxygen atoms in total. The molecule has 0 aromatic carbocycles. The van der Waals surface area contributed by atoms with Crippen molar-refractivity contribution in [3.63, 3.8) is 0 Å². The minimum Gasteiger partial charge on any atom is -0.481 e. The average Bonchev–Trinajstić information content (AvgIpc) is 2.14. The van der Waals surface area contributed by atoms with Crippen molar-refractivity contribution in [3.8, 4) is 0 Å². The molecule has 0 spiro atoms. The topological polar surface area (TPSA) is 93.1 Å². The van der Waals surface area contributed by atoms with Gasteiger partial charge in [-0.3, -0.25) is 9.59 Å². The molecule has 2 saturated carbocycles. The molecule has 104 valence electrons. The first kappa shape index (κ1) is 14.9. The second kappa shape index (κ2) is 6.70. The lowest BCUT2D eigenvalue weighted by Crippen LogP contribution is -2.38. The van der Waals surface area contributed by atoms with Crippen LogP contribution in [0, 0.1) is 11.8 Å². The molecule has 0 radical (unpaired) electrons. The molecule has 0 aromatic heterocycles. The molecule has 2 N–H and O–H groups in total. The van der Waals surface area contributed by atoms with Gasteiger partial charge in [0.2, 0.25) is 0 Å². The number of carboxylic acids is 2. The van der Waals surface area contributed by atoms with Crippen molar-refractivity contribution < 1.29 is 29.3 Å². The van der Waals surface area contributed by atoms with E-state index in [2.05, 4.69) is 0 Å². The van der Waals surface area contributed by atoms with Gasteiger partial charge in [-0.25, -0.2) is 0 Å². The molecule has 0 aromatic rings. The van der Waals surface area contributed by atoms with Crippen molar-refractivity contribution in [2.75, 3.05) is 14.2 Å². The first-order valence-corrected chi connectivity index (χ1v) is 6.02. The summed E-state index contributed by atoms with van der Waals surface area (Å²) in [7, 11) is 3.11. The zero-order valence-electron chi connectivity index (χ0n) is 10.7. The van der Waals surface area contributed by atoms with Gasteiger partial charge >= 0.3 is 11.9 Å². The maximum Gasteiger partial charge on any atom is 0.309 e. The molecule has 2 aliphatic rings. The summed E-state index contributed by atoms with van der Waals surface area (Å²) in [6.07, 6.45) is 3.28. The number of methoxy groups -OCH3 is 2. The minimum absolute atomic E-state index is 0.0255. The predicted molar refractivity (Wildman–Crippen MR) is 62.3 cm³/mol. The summed E-state index contributed by atoms with van der Waals surface area (Å²) >= 11 is 0. The van der Waals surface area contributed by atoms with Crippen molar-refractivity contribution in [2.45, 2.75) is 37.9 Å². The van der Waals surface area contributed by atoms with Gasteiger partial charge in [-0.2, -0.15) is 0 Å². The Hall–Kier alpha value is -1.14. The Bertz CT molecular complexity index is 269. The van der Waals surface area contributed by atoms with Crippen molar-refractivity contribution >= 4 is 11.9 Å². The molecule has 4 atom stereocenters. The number of hydrogen-bond donors (Lipinski definition) is 2. The van der Waals surface area contributed by atoms with E-state index in [0.717, 1.165) is 25.7 Å². The molecule has 6 heteroatoms. The third-order valence-corrected chi connectivity index (χ3v) is 3.66. The zero-order valence-corrected chi connectivity index (χ0v) is 10.7. The number of ether oxygens (including phenoxy) is 2. The van der Waals surface area contributed by atoms with Crippen LogP contribution in [0.15, 0.2) is 0 Å². The zero-order chi connectivity index (χ0) is 13.7. The molecule has 0 aliphatic heterocycles. The highest BCUT2D eigenvalue weighted by molar-refractivity contribution is 5.72. The van der Waals surface area contributed by atoms with Crippen molar-refractivity contribution in [1.29, 1.82) is 0 Å². The standard InChI is InChI=1S/2C6H10O3/c2*1-9-5-3-2-4(5)6(7)8/h2*4-5H,2-3H2,1H3,(H,7,8)/t2*4-,5-/m10/s1. The Morgan fingerprint density at radius 1 is 0.833 bits per heavy atom. The number of hydrogen-bond acceptors (Lipinski definition) is 4. The van der Waals surface area contributed by atoms with Crippen LogP contribution >= 0.6 is 0 Å². The van der Waals surface area contributed by atoms with Gasteiger partial charge in [0.1, 0.15) is 0 Å². The molecular formula is C12H20O6. The van der Waals surface area contributed by atoms with E-state index in [1.54, 1.807) is 14.2 Å². The van der Waals surface area contributed by atoms with Crippen molar-refractivity contribution in [1.82, 2.24) is 0 Å². The molecule has 0 bridgehead atoms. The fourth-order valence-electron chi connectivity index (χ4n) is 2.07. The van der Waals surface area contributed by atoms with Crippen molar-refractivity contribution in [3.05, 3.63) is 0 Å². The smallest absolute Gasteiger partial charge is 0.309 e. The second-order valence-corrected chi connectivity index (χ2v) is 4.59. The Labute approximate surface area is 106 Å². The summed E-state index contributed by atoms with van der Waals surface area (Å²) in [6.45, 7) is 0. The summed E-state index contributed by atoms with van der Waals surface area (Å²) in [5.41, 5.74) is 0. The fourth-order valence-corrected chi connectivity index (χ4v) is 2.07. The van der Waals surface area contributed by atoms with Gasteiger partial charge in [0, 0.05) is 14.2 Å². The van der Waals surface area contributed by atoms with E-state index < -0.39 is 11.9 Å². The van der Waals surface area contributed by atoms with Crippen LogP contribution < -0.4 is 0 Å². The lowest BCUT2D eigenvalue weighted by atomic mass is 9.82. The first-order chi connectivity index (χ1) is 8.51. The maximum atomic E-state index is 10.3. The second-order valence-electron chi connectivity index (χ2n) is 4.59. The molecular weight excluding hydrogens is 240 g/mol. The van der Waals surface area contributed by atoms with E-state index in [0.29, 0.717) is 0 Å². The van der Waals surface area contributed by atoms with Crippen LogP contribution in [0.4, 0.5) is 0 Å². The van der Waals surface area contributed by atoms with Gasteiger partial charge in [-0.15, -0.1) is 0 Å². The van der Waals surface area contributed by atoms with Gasteiger partial charge in [0.15, 0.2) is 0 Å². The van der Waals surface area contributed by atoms with E-state index >= 15 is 0 Å². The van der Waals surface area contributed by atoms with Gasteiger partial charge in [-0.05, 0) is 25.7 Å². The third-order valence-electron chi connectivity index (χ3n) is 3.66. The molecule has 2 fully saturated rings. The normalized spacial score (nSPS) is 33.4. The SMILES string of the molecule is CO[C@@H]1CC[C@H]1C(=O)O.CO[C@H]1CC[C@@H]1C(=O)O. The number of carboxylic acid groups (broad SMARTS) is 2. The summed E-state index contributed by atoms with van der Waals surface area (Å²) in [4.78, 5) is 20.5. The van der Waals surface area contributed by atoms with Crippen LogP contribution in [-0.2, 0) is 19.1 Å². The summed E-state index contributed by atoms with van der Waals surface area (Å²) in [5, 5.41) is 16.9. The van der Waals surface area contributed by atoms with Crippen LogP contribution in [0.5, 0.6) is 0 Å². The van der Waals surface area contributed by atoms with E-state index in [-0.39, 0.29) is 24.0 Å². The van der Waals surface area contributed by atoms with E-state index in [1.165, 1.54) is 0 Å². The van der Waals surface area contributed by atoms with Crippen LogP contribution in [0.3, 0.4) is 0 Å². The molecule has 2 aliphatic carbocycles. The molecule has 18 heavy (non-hydrogen) atoms. The van der Waals surface area contributed by atoms with Gasteiger partial charge < -0.3 is 19.7 Å². The van der Waals surface area contributed by atoms with Crippen LogP contribution in [0.2, 0.25) is 0 Å². The van der Waals surface area contributed by atoms with Gasteiger partial charge in [0.25, 0.3) is 0 Å². The number of rotatable bonds is 4. The van der Waals surface area contributed by atoms with Gasteiger partial charge in [-0.1, -0.05) is 0 Å². The Morgan fingerprint density at radius 2 is 1.17 bits per heavy atom. The Kier molecular flexibility index (Phi) is 5.55. The lowest BCUT2D eigenvalue weighted by molar-refractivity contribution is -0.154.